The fourth-order valence-corrected chi connectivity index (χ4v) is 1.83. The van der Waals surface area contributed by atoms with Gasteiger partial charge in [-0.25, -0.2) is 4.52 Å². The number of hydrogen-bond acceptors (Lipinski definition) is 7. The summed E-state index contributed by atoms with van der Waals surface area (Å²) in [5.41, 5.74) is 3.81. The maximum atomic E-state index is 4.13. The van der Waals surface area contributed by atoms with Gasteiger partial charge < -0.3 is 0 Å². The lowest BCUT2D eigenvalue weighted by Crippen LogP contribution is -1.87. The number of aromatic nitrogens is 6. The third-order valence-electron chi connectivity index (χ3n) is 2.26. The minimum Gasteiger partial charge on any atom is -0.293 e. The summed E-state index contributed by atoms with van der Waals surface area (Å²) in [5.74, 6) is 0.778. The van der Waals surface area contributed by atoms with Crippen LogP contribution in [0.2, 0.25) is 0 Å². The molecule has 3 heterocycles. The van der Waals surface area contributed by atoms with Gasteiger partial charge in [0.25, 0.3) is 5.13 Å². The van der Waals surface area contributed by atoms with Crippen LogP contribution < -0.4 is 0 Å². The molecule has 0 amide bonds. The van der Waals surface area contributed by atoms with Gasteiger partial charge in [-0.15, -0.1) is 30.6 Å². The number of hydrogen-bond donors (Lipinski definition) is 1. The monoisotopic (exact) mass is 248 g/mol. The van der Waals surface area contributed by atoms with Crippen LogP contribution >= 0.6 is 11.3 Å². The van der Waals surface area contributed by atoms with E-state index in [0.29, 0.717) is 16.5 Å². The van der Waals surface area contributed by atoms with Crippen LogP contribution in [0.15, 0.2) is 15.7 Å². The van der Waals surface area contributed by atoms with E-state index in [1.165, 1.54) is 11.3 Å². The predicted octanol–water partition coefficient (Wildman–Crippen LogP) is 1.94. The Balaban J connectivity index is 2.08. The summed E-state index contributed by atoms with van der Waals surface area (Å²) in [6.07, 6.45) is 0. The van der Waals surface area contributed by atoms with Crippen LogP contribution in [0.3, 0.4) is 0 Å². The second-order valence-corrected chi connectivity index (χ2v) is 4.22. The average Bonchev–Trinajstić information content (AvgIpc) is 2.97. The van der Waals surface area contributed by atoms with E-state index in [2.05, 4.69) is 35.7 Å². The van der Waals surface area contributed by atoms with Crippen LogP contribution in [0.5, 0.6) is 0 Å². The summed E-state index contributed by atoms with van der Waals surface area (Å²) in [6.45, 7) is 3.77. The first-order chi connectivity index (χ1) is 8.25. The van der Waals surface area contributed by atoms with Crippen LogP contribution in [0.1, 0.15) is 11.5 Å². The van der Waals surface area contributed by atoms with Gasteiger partial charge in [-0.1, -0.05) is 11.3 Å². The maximum Gasteiger partial charge on any atom is 0.251 e. The molecule has 0 aromatic carbocycles. The molecule has 9 heteroatoms. The maximum absolute atomic E-state index is 4.13. The molecule has 0 saturated carbocycles. The Labute approximate surface area is 99.4 Å². The Morgan fingerprint density at radius 1 is 1.24 bits per heavy atom. The lowest BCUT2D eigenvalue weighted by atomic mass is 10.4. The van der Waals surface area contributed by atoms with E-state index in [0.717, 1.165) is 11.5 Å². The smallest absolute Gasteiger partial charge is 0.251 e. The van der Waals surface area contributed by atoms with Gasteiger partial charge >= 0.3 is 0 Å². The van der Waals surface area contributed by atoms with Gasteiger partial charge in [-0.3, -0.25) is 5.10 Å². The van der Waals surface area contributed by atoms with Crippen LogP contribution in [0.4, 0.5) is 10.8 Å². The summed E-state index contributed by atoms with van der Waals surface area (Å²) in [4.78, 5) is 0. The highest BCUT2D eigenvalue weighted by Gasteiger charge is 2.12. The number of aryl methyl sites for hydroxylation is 2. The fourth-order valence-electron chi connectivity index (χ4n) is 1.46. The molecule has 0 spiro atoms. The zero-order valence-corrected chi connectivity index (χ0v) is 9.93. The van der Waals surface area contributed by atoms with Crippen molar-refractivity contribution in [1.29, 1.82) is 0 Å². The van der Waals surface area contributed by atoms with Crippen molar-refractivity contribution in [3.8, 4) is 0 Å². The molecular weight excluding hydrogens is 240 g/mol. The molecule has 0 bridgehead atoms. The Kier molecular flexibility index (Phi) is 2.18. The van der Waals surface area contributed by atoms with E-state index >= 15 is 0 Å². The highest BCUT2D eigenvalue weighted by Crippen LogP contribution is 2.26. The number of nitrogens with zero attached hydrogens (tertiary/aromatic N) is 7. The number of rotatable bonds is 2. The van der Waals surface area contributed by atoms with E-state index in [9.17, 15) is 0 Å². The lowest BCUT2D eigenvalue weighted by Gasteiger charge is -1.86. The van der Waals surface area contributed by atoms with Gasteiger partial charge in [-0.2, -0.15) is 0 Å². The second kappa shape index (κ2) is 3.70. The van der Waals surface area contributed by atoms with Gasteiger partial charge in [-0.05, 0) is 13.8 Å². The standard InChI is InChI=1S/C8H8N8S/c1-4-6(11-14-8-13-9-3-17-8)7-12-10-5(2)16(7)15-4/h3,15H,1-2H3. The van der Waals surface area contributed by atoms with Crippen molar-refractivity contribution in [2.24, 2.45) is 10.2 Å². The van der Waals surface area contributed by atoms with Crippen molar-refractivity contribution in [1.82, 2.24) is 30.0 Å². The molecule has 0 radical (unpaired) electrons. The summed E-state index contributed by atoms with van der Waals surface area (Å²) in [7, 11) is 0. The fraction of sp³-hybridized carbons (Fsp3) is 0.250. The summed E-state index contributed by atoms with van der Waals surface area (Å²) in [6, 6.07) is 0. The molecule has 0 aliphatic carbocycles. The number of aromatic amines is 1. The number of H-pyrrole nitrogens is 1. The molecule has 0 atom stereocenters. The van der Waals surface area contributed by atoms with Crippen molar-refractivity contribution >= 4 is 27.8 Å². The highest BCUT2D eigenvalue weighted by atomic mass is 32.1. The number of fused-ring (bicyclic) bond motifs is 1. The minimum absolute atomic E-state index is 0.514. The van der Waals surface area contributed by atoms with Gasteiger partial charge in [0, 0.05) is 0 Å². The molecule has 17 heavy (non-hydrogen) atoms. The number of nitrogens with one attached hydrogen (secondary N) is 1. The normalized spacial score (nSPS) is 11.9. The molecule has 0 saturated heterocycles. The lowest BCUT2D eigenvalue weighted by molar-refractivity contribution is 0.875. The van der Waals surface area contributed by atoms with E-state index in [1.54, 1.807) is 10.0 Å². The number of azo groups is 1. The van der Waals surface area contributed by atoms with Crippen molar-refractivity contribution in [2.75, 3.05) is 0 Å². The first-order valence-electron chi connectivity index (χ1n) is 4.84. The van der Waals surface area contributed by atoms with E-state index in [1.807, 2.05) is 13.8 Å². The Morgan fingerprint density at radius 3 is 2.88 bits per heavy atom. The molecule has 3 rings (SSSR count). The van der Waals surface area contributed by atoms with E-state index in [4.69, 9.17) is 0 Å². The zero-order valence-electron chi connectivity index (χ0n) is 9.12. The summed E-state index contributed by atoms with van der Waals surface area (Å²) in [5, 5.41) is 27.2. The van der Waals surface area contributed by atoms with Crippen molar-refractivity contribution in [3.05, 3.63) is 17.0 Å². The largest absolute Gasteiger partial charge is 0.293 e. The second-order valence-electron chi connectivity index (χ2n) is 3.41. The van der Waals surface area contributed by atoms with Gasteiger partial charge in [0.05, 0.1) is 5.69 Å². The Hall–Kier alpha value is -2.16. The Morgan fingerprint density at radius 2 is 2.12 bits per heavy atom. The molecular formula is C8H8N8S. The molecule has 0 fully saturated rings. The molecule has 86 valence electrons. The molecule has 8 nitrogen and oxygen atoms in total. The van der Waals surface area contributed by atoms with Crippen molar-refractivity contribution in [3.63, 3.8) is 0 Å². The van der Waals surface area contributed by atoms with Gasteiger partial charge in [0.15, 0.2) is 5.69 Å². The molecule has 0 aliphatic rings. The highest BCUT2D eigenvalue weighted by molar-refractivity contribution is 7.13. The molecule has 1 N–H and O–H groups in total. The van der Waals surface area contributed by atoms with Crippen molar-refractivity contribution < 1.29 is 0 Å². The molecule has 0 unspecified atom stereocenters. The molecule has 3 aromatic rings. The SMILES string of the molecule is Cc1[nH]n2c(C)nnc2c1N=Nc1nncs1. The topological polar surface area (TPSA) is 96.5 Å². The Bertz CT molecular complexity index is 676. The van der Waals surface area contributed by atoms with Crippen molar-refractivity contribution in [2.45, 2.75) is 13.8 Å². The third-order valence-corrected chi connectivity index (χ3v) is 2.83. The van der Waals surface area contributed by atoms with Crippen LogP contribution in [-0.2, 0) is 0 Å². The average molecular weight is 248 g/mol. The first kappa shape index (κ1) is 10.0. The minimum atomic E-state index is 0.514. The van der Waals surface area contributed by atoms with Crippen LogP contribution in [0, 0.1) is 13.8 Å². The van der Waals surface area contributed by atoms with E-state index < -0.39 is 0 Å². The van der Waals surface area contributed by atoms with Crippen LogP contribution in [0.25, 0.3) is 5.65 Å². The summed E-state index contributed by atoms with van der Waals surface area (Å²) >= 11 is 1.33. The first-order valence-corrected chi connectivity index (χ1v) is 5.72. The van der Waals surface area contributed by atoms with Crippen LogP contribution in [-0.4, -0.2) is 30.0 Å². The van der Waals surface area contributed by atoms with Gasteiger partial charge in [0.1, 0.15) is 11.3 Å². The molecule has 3 aromatic heterocycles. The van der Waals surface area contributed by atoms with Gasteiger partial charge in [0.2, 0.25) is 5.65 Å². The quantitative estimate of drug-likeness (QED) is 0.701. The predicted molar refractivity (Wildman–Crippen MR) is 60.9 cm³/mol. The zero-order chi connectivity index (χ0) is 11.8. The molecule has 0 aliphatic heterocycles. The summed E-state index contributed by atoms with van der Waals surface area (Å²) < 4.78 is 1.77. The van der Waals surface area contributed by atoms with E-state index in [-0.39, 0.29) is 0 Å². The third kappa shape index (κ3) is 1.60.